The summed E-state index contributed by atoms with van der Waals surface area (Å²) >= 11 is 3.23. The molecule has 1 atom stereocenters. The average molecular weight is 531 g/mol. The highest BCUT2D eigenvalue weighted by molar-refractivity contribution is 7.99. The van der Waals surface area contributed by atoms with Crippen molar-refractivity contribution in [2.45, 2.75) is 37.1 Å². The Labute approximate surface area is 220 Å². The largest absolute Gasteiger partial charge is 0.493 e. The van der Waals surface area contributed by atoms with Gasteiger partial charge in [0.2, 0.25) is 0 Å². The number of aryl methyl sites for hydroxylation is 1. The first-order valence-corrected chi connectivity index (χ1v) is 13.8. The maximum atomic E-state index is 6.15. The Balaban J connectivity index is 1.53. The Hall–Kier alpha value is -2.60. The third-order valence-electron chi connectivity index (χ3n) is 5.80. The summed E-state index contributed by atoms with van der Waals surface area (Å²) in [7, 11) is 1.66. The molecule has 3 aromatic rings. The van der Waals surface area contributed by atoms with Crippen molar-refractivity contribution >= 4 is 34.7 Å². The van der Waals surface area contributed by atoms with Crippen LogP contribution in [0.15, 0.2) is 29.4 Å². The van der Waals surface area contributed by atoms with E-state index in [1.807, 2.05) is 18.2 Å². The number of nitrogen functional groups attached to an aromatic ring is 2. The maximum absolute atomic E-state index is 6.15. The van der Waals surface area contributed by atoms with E-state index in [-0.39, 0.29) is 5.25 Å². The van der Waals surface area contributed by atoms with Crippen molar-refractivity contribution in [1.29, 1.82) is 0 Å². The molecule has 0 radical (unpaired) electrons. The van der Waals surface area contributed by atoms with Gasteiger partial charge in [0.25, 0.3) is 0 Å². The molecule has 4 N–H and O–H groups in total. The molecule has 1 aliphatic rings. The number of nitrogens with zero attached hydrogens (tertiary/aromatic N) is 4. The number of thioether (sulfide) groups is 1. The molecule has 1 saturated heterocycles. The number of morpholine rings is 1. The predicted octanol–water partition coefficient (Wildman–Crippen LogP) is 4.29. The minimum Gasteiger partial charge on any atom is -0.493 e. The number of thiazole rings is 1. The lowest BCUT2D eigenvalue weighted by molar-refractivity contribution is 0.0321. The second-order valence-corrected chi connectivity index (χ2v) is 10.9. The third kappa shape index (κ3) is 6.78. The maximum Gasteiger partial charge on any atom is 0.192 e. The number of anilines is 2. The highest BCUT2D eigenvalue weighted by Crippen LogP contribution is 2.41. The second-order valence-electron chi connectivity index (χ2n) is 8.51. The molecule has 1 aliphatic heterocycles. The molecular formula is C25H34N6O3S2. The molecule has 0 spiro atoms. The molecule has 0 saturated carbocycles. The average Bonchev–Trinajstić information content (AvgIpc) is 3.28. The molecule has 1 aromatic carbocycles. The Kier molecular flexibility index (Phi) is 9.24. The second kappa shape index (κ2) is 12.6. The van der Waals surface area contributed by atoms with E-state index >= 15 is 0 Å². The number of nitrogens with two attached hydrogens (primary N) is 2. The van der Waals surface area contributed by atoms with Crippen LogP contribution in [0.5, 0.6) is 11.5 Å². The summed E-state index contributed by atoms with van der Waals surface area (Å²) in [4.78, 5) is 17.3. The molecule has 1 unspecified atom stereocenters. The van der Waals surface area contributed by atoms with Crippen LogP contribution in [0.25, 0.3) is 10.6 Å². The van der Waals surface area contributed by atoms with Crippen LogP contribution >= 0.6 is 23.1 Å². The quantitative estimate of drug-likeness (QED) is 0.274. The molecule has 36 heavy (non-hydrogen) atoms. The molecule has 3 heterocycles. The molecule has 0 bridgehead atoms. The minimum atomic E-state index is 0.0419. The summed E-state index contributed by atoms with van der Waals surface area (Å²) in [6, 6.07) is 7.56. The fourth-order valence-electron chi connectivity index (χ4n) is 3.97. The number of methoxy groups -OCH3 is 1. The lowest BCUT2D eigenvalue weighted by atomic mass is 10.2. The van der Waals surface area contributed by atoms with Gasteiger partial charge < -0.3 is 25.7 Å². The predicted molar refractivity (Wildman–Crippen MR) is 146 cm³/mol. The van der Waals surface area contributed by atoms with Crippen LogP contribution in [0, 0.1) is 0 Å². The fourth-order valence-corrected chi connectivity index (χ4v) is 6.24. The third-order valence-corrected chi connectivity index (χ3v) is 7.95. The van der Waals surface area contributed by atoms with E-state index in [9.17, 15) is 0 Å². The topological polar surface area (TPSA) is 122 Å². The van der Waals surface area contributed by atoms with Gasteiger partial charge in [-0.15, -0.1) is 11.3 Å². The number of ether oxygens (including phenoxy) is 3. The SMILES string of the molecule is CCCc1sc(-c2ccc(OC)c(OCCN3CCOCC3)c2)nc1C(C)Sc1nc(N)cc(N)n1. The summed E-state index contributed by atoms with van der Waals surface area (Å²) in [6.07, 6.45) is 1.99. The van der Waals surface area contributed by atoms with Gasteiger partial charge in [0.15, 0.2) is 16.7 Å². The lowest BCUT2D eigenvalue weighted by Crippen LogP contribution is -2.38. The zero-order chi connectivity index (χ0) is 25.5. The number of aromatic nitrogens is 3. The highest BCUT2D eigenvalue weighted by atomic mass is 32.2. The van der Waals surface area contributed by atoms with Crippen LogP contribution in [-0.2, 0) is 11.2 Å². The van der Waals surface area contributed by atoms with Crippen molar-refractivity contribution in [2.75, 3.05) is 58.0 Å². The van der Waals surface area contributed by atoms with E-state index in [1.165, 1.54) is 16.6 Å². The van der Waals surface area contributed by atoms with Gasteiger partial charge in [-0.3, -0.25) is 4.90 Å². The summed E-state index contributed by atoms with van der Waals surface area (Å²) in [5.74, 6) is 2.17. The first-order valence-electron chi connectivity index (χ1n) is 12.1. The van der Waals surface area contributed by atoms with Crippen molar-refractivity contribution in [1.82, 2.24) is 19.9 Å². The Morgan fingerprint density at radius 3 is 2.56 bits per heavy atom. The first-order chi connectivity index (χ1) is 17.5. The van der Waals surface area contributed by atoms with Crippen molar-refractivity contribution in [3.8, 4) is 22.1 Å². The van der Waals surface area contributed by atoms with Gasteiger partial charge in [0.05, 0.1) is 31.3 Å². The Morgan fingerprint density at radius 2 is 1.86 bits per heavy atom. The number of benzene rings is 1. The fraction of sp³-hybridized carbons (Fsp3) is 0.480. The molecule has 0 amide bonds. The van der Waals surface area contributed by atoms with Crippen LogP contribution < -0.4 is 20.9 Å². The van der Waals surface area contributed by atoms with E-state index < -0.39 is 0 Å². The Morgan fingerprint density at radius 1 is 1.11 bits per heavy atom. The molecule has 1 fully saturated rings. The molecule has 9 nitrogen and oxygen atoms in total. The van der Waals surface area contributed by atoms with Crippen molar-refractivity contribution < 1.29 is 14.2 Å². The molecule has 2 aromatic heterocycles. The lowest BCUT2D eigenvalue weighted by Gasteiger charge is -2.26. The monoisotopic (exact) mass is 530 g/mol. The summed E-state index contributed by atoms with van der Waals surface area (Å²) in [5, 5.41) is 1.55. The van der Waals surface area contributed by atoms with Crippen molar-refractivity contribution in [3.05, 3.63) is 34.8 Å². The number of hydrogen-bond donors (Lipinski definition) is 2. The molecule has 4 rings (SSSR count). The van der Waals surface area contributed by atoms with Crippen LogP contribution in [0.2, 0.25) is 0 Å². The minimum absolute atomic E-state index is 0.0419. The van der Waals surface area contributed by atoms with Gasteiger partial charge in [0, 0.05) is 36.1 Å². The molecular weight excluding hydrogens is 496 g/mol. The summed E-state index contributed by atoms with van der Waals surface area (Å²) in [5.41, 5.74) is 13.8. The standard InChI is InChI=1S/C25H34N6O3S2/c1-4-5-20-23(16(2)35-25-28-21(26)15-22(27)29-25)30-24(36-20)17-6-7-18(32-3)19(14-17)34-13-10-31-8-11-33-12-9-31/h6-7,14-16H,4-5,8-13H2,1-3H3,(H4,26,27,28,29). The van der Waals surface area contributed by atoms with Crippen LogP contribution in [0.4, 0.5) is 11.6 Å². The Bertz CT molecular complexity index is 1130. The first kappa shape index (κ1) is 26.5. The van der Waals surface area contributed by atoms with Gasteiger partial charge in [-0.1, -0.05) is 25.1 Å². The van der Waals surface area contributed by atoms with E-state index in [4.69, 9.17) is 30.7 Å². The summed E-state index contributed by atoms with van der Waals surface area (Å²) < 4.78 is 17.1. The van der Waals surface area contributed by atoms with Gasteiger partial charge in [0.1, 0.15) is 23.3 Å². The van der Waals surface area contributed by atoms with Crippen molar-refractivity contribution in [2.24, 2.45) is 0 Å². The van der Waals surface area contributed by atoms with Crippen LogP contribution in [-0.4, -0.2) is 66.4 Å². The zero-order valence-corrected chi connectivity index (χ0v) is 22.7. The van der Waals surface area contributed by atoms with E-state index in [0.717, 1.165) is 67.7 Å². The zero-order valence-electron chi connectivity index (χ0n) is 21.0. The number of rotatable bonds is 11. The van der Waals surface area contributed by atoms with E-state index in [1.54, 1.807) is 24.5 Å². The molecule has 0 aliphatic carbocycles. The van der Waals surface area contributed by atoms with Crippen LogP contribution in [0.1, 0.15) is 36.1 Å². The van der Waals surface area contributed by atoms with Gasteiger partial charge >= 0.3 is 0 Å². The normalized spacial score (nSPS) is 15.1. The van der Waals surface area contributed by atoms with E-state index in [0.29, 0.717) is 29.1 Å². The van der Waals surface area contributed by atoms with Crippen molar-refractivity contribution in [3.63, 3.8) is 0 Å². The molecule has 194 valence electrons. The highest BCUT2D eigenvalue weighted by Gasteiger charge is 2.21. The van der Waals surface area contributed by atoms with Gasteiger partial charge in [-0.05, 0) is 31.5 Å². The summed E-state index contributed by atoms with van der Waals surface area (Å²) in [6.45, 7) is 9.15. The van der Waals surface area contributed by atoms with E-state index in [2.05, 4.69) is 28.7 Å². The smallest absolute Gasteiger partial charge is 0.192 e. The van der Waals surface area contributed by atoms with Gasteiger partial charge in [-0.25, -0.2) is 15.0 Å². The van der Waals surface area contributed by atoms with Crippen LogP contribution in [0.3, 0.4) is 0 Å². The van der Waals surface area contributed by atoms with Gasteiger partial charge in [-0.2, -0.15) is 0 Å². The molecule has 11 heteroatoms. The number of hydrogen-bond acceptors (Lipinski definition) is 11.